The van der Waals surface area contributed by atoms with E-state index in [2.05, 4.69) is 0 Å². The Morgan fingerprint density at radius 3 is 0.957 bits per heavy atom. The largest absolute Gasteiger partial charge is 0.465 e. The SMILES string of the molecule is O=C(OCCCCCC(O)CCCCCOC(=O)C1CCCCCCCCCCCCC1)C1CCCCCCCCCCCCC1. The van der Waals surface area contributed by atoms with E-state index in [1.807, 2.05) is 0 Å². The molecule has 0 heterocycles. The van der Waals surface area contributed by atoms with Gasteiger partial charge in [-0.1, -0.05) is 154 Å². The summed E-state index contributed by atoms with van der Waals surface area (Å²) in [5.41, 5.74) is 0. The van der Waals surface area contributed by atoms with Crippen LogP contribution in [0.25, 0.3) is 0 Å². The topological polar surface area (TPSA) is 72.8 Å². The van der Waals surface area contributed by atoms with Crippen LogP contribution in [0, 0.1) is 11.8 Å². The summed E-state index contributed by atoms with van der Waals surface area (Å²) < 4.78 is 11.4. The van der Waals surface area contributed by atoms with Crippen molar-refractivity contribution in [3.05, 3.63) is 0 Å². The van der Waals surface area contributed by atoms with E-state index in [9.17, 15) is 14.7 Å². The fraction of sp³-hybridized carbons (Fsp3) is 0.951. The highest BCUT2D eigenvalue weighted by atomic mass is 16.5. The molecule has 0 unspecified atom stereocenters. The van der Waals surface area contributed by atoms with Gasteiger partial charge in [-0.3, -0.25) is 9.59 Å². The standard InChI is InChI=1S/C41H76O5/c42-39(33-25-19-27-35-45-40(43)37-29-21-15-11-7-3-1-4-8-12-16-22-30-37)34-26-20-28-36-46-41(44)38-31-23-17-13-9-5-2-6-10-14-18-24-32-38/h37-39,42H,1-36H2. The predicted octanol–water partition coefficient (Wildman–Crippen LogP) is 12.0. The van der Waals surface area contributed by atoms with Crippen LogP contribution in [0.15, 0.2) is 0 Å². The summed E-state index contributed by atoms with van der Waals surface area (Å²) in [7, 11) is 0. The first-order chi connectivity index (χ1) is 22.7. The van der Waals surface area contributed by atoms with Gasteiger partial charge in [0.2, 0.25) is 0 Å². The molecule has 0 saturated heterocycles. The average Bonchev–Trinajstić information content (AvgIpc) is 3.05. The molecule has 5 nitrogen and oxygen atoms in total. The molecule has 5 heteroatoms. The Morgan fingerprint density at radius 2 is 0.674 bits per heavy atom. The fourth-order valence-corrected chi connectivity index (χ4v) is 7.55. The van der Waals surface area contributed by atoms with Crippen molar-refractivity contribution in [3.63, 3.8) is 0 Å². The van der Waals surface area contributed by atoms with Gasteiger partial charge in [-0.25, -0.2) is 0 Å². The number of rotatable bonds is 14. The van der Waals surface area contributed by atoms with E-state index in [1.54, 1.807) is 0 Å². The number of aliphatic hydroxyl groups excluding tert-OH is 1. The molecule has 0 aliphatic heterocycles. The highest BCUT2D eigenvalue weighted by molar-refractivity contribution is 5.72. The molecule has 46 heavy (non-hydrogen) atoms. The second-order valence-corrected chi connectivity index (χ2v) is 15.0. The lowest BCUT2D eigenvalue weighted by Gasteiger charge is -2.17. The lowest BCUT2D eigenvalue weighted by molar-refractivity contribution is -0.150. The summed E-state index contributed by atoms with van der Waals surface area (Å²) in [5, 5.41) is 10.4. The molecular weight excluding hydrogens is 572 g/mol. The number of hydrogen-bond acceptors (Lipinski definition) is 5. The third-order valence-electron chi connectivity index (χ3n) is 10.7. The summed E-state index contributed by atoms with van der Waals surface area (Å²) in [5.74, 6) is 0.245. The molecule has 2 aliphatic rings. The number of aliphatic hydroxyl groups is 1. The van der Waals surface area contributed by atoms with Crippen molar-refractivity contribution in [2.24, 2.45) is 11.8 Å². The van der Waals surface area contributed by atoms with Crippen LogP contribution in [0.4, 0.5) is 0 Å². The van der Waals surface area contributed by atoms with Crippen LogP contribution in [0.3, 0.4) is 0 Å². The van der Waals surface area contributed by atoms with Crippen LogP contribution in [0.5, 0.6) is 0 Å². The zero-order chi connectivity index (χ0) is 32.8. The number of carbonyl (C=O) groups is 2. The molecule has 2 aliphatic carbocycles. The quantitative estimate of drug-likeness (QED) is 0.150. The van der Waals surface area contributed by atoms with Gasteiger partial charge in [-0.2, -0.15) is 0 Å². The van der Waals surface area contributed by atoms with Crippen molar-refractivity contribution in [1.29, 1.82) is 0 Å². The van der Waals surface area contributed by atoms with Crippen LogP contribution in [0.2, 0.25) is 0 Å². The predicted molar refractivity (Wildman–Crippen MR) is 192 cm³/mol. The molecule has 2 fully saturated rings. The van der Waals surface area contributed by atoms with Crippen molar-refractivity contribution in [2.45, 2.75) is 224 Å². The van der Waals surface area contributed by atoms with Crippen LogP contribution in [0.1, 0.15) is 218 Å². The van der Waals surface area contributed by atoms with E-state index in [4.69, 9.17) is 9.47 Å². The molecule has 1 N–H and O–H groups in total. The first kappa shape index (κ1) is 41.1. The lowest BCUT2D eigenvalue weighted by Crippen LogP contribution is -2.19. The second kappa shape index (κ2) is 30.0. The maximum Gasteiger partial charge on any atom is 0.308 e. The fourth-order valence-electron chi connectivity index (χ4n) is 7.55. The zero-order valence-corrected chi connectivity index (χ0v) is 30.3. The number of ether oxygens (including phenoxy) is 2. The third kappa shape index (κ3) is 23.3. The molecule has 0 aromatic carbocycles. The molecule has 0 spiro atoms. The number of hydrogen-bond donors (Lipinski definition) is 1. The molecule has 0 radical (unpaired) electrons. The van der Waals surface area contributed by atoms with E-state index >= 15 is 0 Å². The lowest BCUT2D eigenvalue weighted by atomic mass is 9.93. The number of carbonyl (C=O) groups excluding carboxylic acids is 2. The highest BCUT2D eigenvalue weighted by Gasteiger charge is 2.20. The molecule has 0 atom stereocenters. The van der Waals surface area contributed by atoms with Gasteiger partial charge >= 0.3 is 11.9 Å². The van der Waals surface area contributed by atoms with Crippen LogP contribution in [-0.2, 0) is 19.1 Å². The Kier molecular flexibility index (Phi) is 26.8. The van der Waals surface area contributed by atoms with Gasteiger partial charge in [0.1, 0.15) is 0 Å². The molecule has 0 bridgehead atoms. The van der Waals surface area contributed by atoms with E-state index in [0.29, 0.717) is 13.2 Å². The van der Waals surface area contributed by atoms with Crippen molar-refractivity contribution in [3.8, 4) is 0 Å². The van der Waals surface area contributed by atoms with Crippen molar-refractivity contribution >= 4 is 11.9 Å². The van der Waals surface area contributed by atoms with E-state index in [1.165, 1.54) is 116 Å². The van der Waals surface area contributed by atoms with Crippen molar-refractivity contribution < 1.29 is 24.2 Å². The highest BCUT2D eigenvalue weighted by Crippen LogP contribution is 2.24. The molecular formula is C41H76O5. The minimum absolute atomic E-state index is 0.0323. The van der Waals surface area contributed by atoms with Gasteiger partial charge in [0.05, 0.1) is 31.2 Å². The Hall–Kier alpha value is -1.10. The summed E-state index contributed by atoms with van der Waals surface area (Å²) in [4.78, 5) is 25.6. The van der Waals surface area contributed by atoms with E-state index in [0.717, 1.165) is 103 Å². The van der Waals surface area contributed by atoms with Gasteiger partial charge in [0.15, 0.2) is 0 Å². The monoisotopic (exact) mass is 649 g/mol. The molecule has 0 amide bonds. The summed E-state index contributed by atoms with van der Waals surface area (Å²) in [6.45, 7) is 1.04. The van der Waals surface area contributed by atoms with Gasteiger partial charge in [-0.15, -0.1) is 0 Å². The minimum Gasteiger partial charge on any atom is -0.465 e. The third-order valence-corrected chi connectivity index (χ3v) is 10.7. The van der Waals surface area contributed by atoms with Gasteiger partial charge in [-0.05, 0) is 64.2 Å². The average molecular weight is 649 g/mol. The molecule has 2 saturated carbocycles. The van der Waals surface area contributed by atoms with Crippen molar-refractivity contribution in [2.75, 3.05) is 13.2 Å². The Morgan fingerprint density at radius 1 is 0.413 bits per heavy atom. The number of unbranched alkanes of at least 4 members (excludes halogenated alkanes) is 4. The van der Waals surface area contributed by atoms with Gasteiger partial charge in [0.25, 0.3) is 0 Å². The van der Waals surface area contributed by atoms with Gasteiger partial charge < -0.3 is 14.6 Å². The van der Waals surface area contributed by atoms with Gasteiger partial charge in [0, 0.05) is 0 Å². The Balaban J connectivity index is 1.47. The molecule has 270 valence electrons. The second-order valence-electron chi connectivity index (χ2n) is 15.0. The first-order valence-corrected chi connectivity index (χ1v) is 20.7. The van der Waals surface area contributed by atoms with E-state index in [-0.39, 0.29) is 29.9 Å². The normalized spacial score (nSPS) is 20.4. The smallest absolute Gasteiger partial charge is 0.308 e. The molecule has 0 aromatic heterocycles. The minimum atomic E-state index is -0.264. The van der Waals surface area contributed by atoms with Crippen molar-refractivity contribution in [1.82, 2.24) is 0 Å². The maximum absolute atomic E-state index is 12.8. The maximum atomic E-state index is 12.8. The molecule has 2 rings (SSSR count). The van der Waals surface area contributed by atoms with Crippen LogP contribution < -0.4 is 0 Å². The number of esters is 2. The van der Waals surface area contributed by atoms with Crippen LogP contribution in [-0.4, -0.2) is 36.4 Å². The van der Waals surface area contributed by atoms with Crippen LogP contribution >= 0.6 is 0 Å². The zero-order valence-electron chi connectivity index (χ0n) is 30.3. The first-order valence-electron chi connectivity index (χ1n) is 20.7. The Bertz CT molecular complexity index is 623. The Labute approximate surface area is 285 Å². The summed E-state index contributed by atoms with van der Waals surface area (Å²) >= 11 is 0. The summed E-state index contributed by atoms with van der Waals surface area (Å²) in [6, 6.07) is 0. The summed E-state index contributed by atoms with van der Waals surface area (Å²) in [6.07, 6.45) is 39.6. The molecule has 0 aromatic rings. The van der Waals surface area contributed by atoms with E-state index < -0.39 is 0 Å².